The monoisotopic (exact) mass is 321 g/mol. The van der Waals surface area contributed by atoms with E-state index in [9.17, 15) is 4.79 Å². The first-order valence-corrected chi connectivity index (χ1v) is 7.48. The highest BCUT2D eigenvalue weighted by atomic mass is 32.1. The van der Waals surface area contributed by atoms with Gasteiger partial charge in [-0.25, -0.2) is 0 Å². The molecule has 7 heteroatoms. The van der Waals surface area contributed by atoms with Crippen LogP contribution in [0.3, 0.4) is 0 Å². The van der Waals surface area contributed by atoms with E-state index in [0.29, 0.717) is 16.5 Å². The second-order valence-corrected chi connectivity index (χ2v) is 5.44. The Morgan fingerprint density at radius 3 is 2.62 bits per heavy atom. The quantitative estimate of drug-likeness (QED) is 0.594. The number of thiocarbonyl (C=S) groups is 1. The van der Waals surface area contributed by atoms with Gasteiger partial charge in [0.15, 0.2) is 5.11 Å². The van der Waals surface area contributed by atoms with Gasteiger partial charge in [-0.15, -0.1) is 11.3 Å². The van der Waals surface area contributed by atoms with Crippen molar-refractivity contribution in [3.05, 3.63) is 52.2 Å². The van der Waals surface area contributed by atoms with Crippen LogP contribution >= 0.6 is 23.6 Å². The molecule has 2 aromatic rings. The first-order chi connectivity index (χ1) is 10.2. The molecule has 2 rings (SSSR count). The van der Waals surface area contributed by atoms with E-state index in [-0.39, 0.29) is 5.91 Å². The molecule has 0 fully saturated rings. The third kappa shape index (κ3) is 4.73. The Morgan fingerprint density at radius 2 is 2.00 bits per heavy atom. The van der Waals surface area contributed by atoms with Gasteiger partial charge in [0.1, 0.15) is 5.75 Å². The molecule has 0 aliphatic carbocycles. The lowest BCUT2D eigenvalue weighted by molar-refractivity contribution is 0.0948. The first-order valence-electron chi connectivity index (χ1n) is 6.19. The molecule has 0 bridgehead atoms. The number of rotatable bonds is 4. The zero-order chi connectivity index (χ0) is 15.1. The van der Waals surface area contributed by atoms with Gasteiger partial charge in [0.25, 0.3) is 5.91 Å². The van der Waals surface area contributed by atoms with Gasteiger partial charge in [0, 0.05) is 6.54 Å². The van der Waals surface area contributed by atoms with Crippen molar-refractivity contribution in [2.75, 3.05) is 7.11 Å². The summed E-state index contributed by atoms with van der Waals surface area (Å²) < 4.78 is 5.09. The van der Waals surface area contributed by atoms with Gasteiger partial charge in [0.05, 0.1) is 12.0 Å². The number of ether oxygens (including phenoxy) is 1. The summed E-state index contributed by atoms with van der Waals surface area (Å²) in [6, 6.07) is 11.2. The molecule has 1 heterocycles. The molecule has 0 saturated heterocycles. The number of carbonyl (C=O) groups is 1. The maximum atomic E-state index is 11.7. The van der Waals surface area contributed by atoms with Crippen molar-refractivity contribution in [2.24, 2.45) is 0 Å². The van der Waals surface area contributed by atoms with Crippen molar-refractivity contribution < 1.29 is 9.53 Å². The summed E-state index contributed by atoms with van der Waals surface area (Å²) in [5, 5.41) is 5.20. The number of methoxy groups -OCH3 is 1. The van der Waals surface area contributed by atoms with E-state index in [1.54, 1.807) is 13.2 Å². The maximum absolute atomic E-state index is 11.7. The second kappa shape index (κ2) is 7.61. The van der Waals surface area contributed by atoms with Gasteiger partial charge >= 0.3 is 0 Å². The van der Waals surface area contributed by atoms with Crippen LogP contribution in [-0.4, -0.2) is 18.1 Å². The van der Waals surface area contributed by atoms with Crippen LogP contribution in [0.25, 0.3) is 0 Å². The first kappa shape index (κ1) is 15.3. The number of hydrogen-bond acceptors (Lipinski definition) is 4. The fourth-order valence-corrected chi connectivity index (χ4v) is 2.29. The Morgan fingerprint density at radius 1 is 1.24 bits per heavy atom. The SMILES string of the molecule is COc1ccc(CNC(=S)NNC(=O)c2cccs2)cc1. The van der Waals surface area contributed by atoms with Crippen molar-refractivity contribution in [1.29, 1.82) is 0 Å². The average molecular weight is 321 g/mol. The van der Waals surface area contributed by atoms with Gasteiger partial charge in [-0.3, -0.25) is 15.6 Å². The zero-order valence-corrected chi connectivity index (χ0v) is 13.0. The van der Waals surface area contributed by atoms with E-state index in [1.165, 1.54) is 11.3 Å². The van der Waals surface area contributed by atoms with Gasteiger partial charge in [-0.2, -0.15) is 0 Å². The molecular formula is C14H15N3O2S2. The van der Waals surface area contributed by atoms with Crippen molar-refractivity contribution in [2.45, 2.75) is 6.54 Å². The highest BCUT2D eigenvalue weighted by molar-refractivity contribution is 7.80. The van der Waals surface area contributed by atoms with Crippen LogP contribution in [0.5, 0.6) is 5.75 Å². The fourth-order valence-electron chi connectivity index (χ4n) is 1.55. The molecule has 1 aromatic carbocycles. The van der Waals surface area contributed by atoms with Crippen LogP contribution in [0.2, 0.25) is 0 Å². The van der Waals surface area contributed by atoms with Gasteiger partial charge in [0.2, 0.25) is 0 Å². The minimum absolute atomic E-state index is 0.210. The Hall–Kier alpha value is -2.12. The standard InChI is InChI=1S/C14H15N3O2S2/c1-19-11-6-4-10(5-7-11)9-15-14(20)17-16-13(18)12-3-2-8-21-12/h2-8H,9H2,1H3,(H,16,18)(H2,15,17,20). The summed E-state index contributed by atoms with van der Waals surface area (Å²) in [6.07, 6.45) is 0. The largest absolute Gasteiger partial charge is 0.497 e. The highest BCUT2D eigenvalue weighted by Crippen LogP contribution is 2.10. The number of hydrogen-bond donors (Lipinski definition) is 3. The summed E-state index contributed by atoms with van der Waals surface area (Å²) >= 11 is 6.46. The molecule has 1 aromatic heterocycles. The summed E-state index contributed by atoms with van der Waals surface area (Å²) in [6.45, 7) is 0.560. The summed E-state index contributed by atoms with van der Waals surface area (Å²) in [4.78, 5) is 12.3. The highest BCUT2D eigenvalue weighted by Gasteiger charge is 2.05. The summed E-state index contributed by atoms with van der Waals surface area (Å²) in [5.41, 5.74) is 6.26. The predicted molar refractivity (Wildman–Crippen MR) is 87.4 cm³/mol. The minimum Gasteiger partial charge on any atom is -0.497 e. The molecule has 0 saturated carbocycles. The van der Waals surface area contributed by atoms with E-state index in [4.69, 9.17) is 17.0 Å². The van der Waals surface area contributed by atoms with Crippen LogP contribution in [0.15, 0.2) is 41.8 Å². The molecular weight excluding hydrogens is 306 g/mol. The molecule has 3 N–H and O–H groups in total. The number of thiophene rings is 1. The van der Waals surface area contributed by atoms with Crippen molar-refractivity contribution in [3.63, 3.8) is 0 Å². The lowest BCUT2D eigenvalue weighted by atomic mass is 10.2. The Labute approximate surface area is 132 Å². The van der Waals surface area contributed by atoms with Crippen LogP contribution < -0.4 is 20.9 Å². The average Bonchev–Trinajstić information content (AvgIpc) is 3.05. The van der Waals surface area contributed by atoms with Gasteiger partial charge < -0.3 is 10.1 Å². The lowest BCUT2D eigenvalue weighted by Crippen LogP contribution is -2.46. The van der Waals surface area contributed by atoms with E-state index in [1.807, 2.05) is 35.7 Å². The smallest absolute Gasteiger partial charge is 0.279 e. The number of amides is 1. The molecule has 21 heavy (non-hydrogen) atoms. The third-order valence-corrected chi connectivity index (χ3v) is 3.76. The Balaban J connectivity index is 1.73. The van der Waals surface area contributed by atoms with Crippen LogP contribution in [0, 0.1) is 0 Å². The molecule has 0 atom stereocenters. The molecule has 0 unspecified atom stereocenters. The normalized spacial score (nSPS) is 9.76. The lowest BCUT2D eigenvalue weighted by Gasteiger charge is -2.11. The minimum atomic E-state index is -0.210. The Kier molecular flexibility index (Phi) is 5.53. The molecule has 0 spiro atoms. The van der Waals surface area contributed by atoms with Crippen molar-refractivity contribution in [1.82, 2.24) is 16.2 Å². The summed E-state index contributed by atoms with van der Waals surface area (Å²) in [5.74, 6) is 0.598. The second-order valence-electron chi connectivity index (χ2n) is 4.09. The maximum Gasteiger partial charge on any atom is 0.279 e. The number of carbonyl (C=O) groups excluding carboxylic acids is 1. The third-order valence-electron chi connectivity index (χ3n) is 2.65. The van der Waals surface area contributed by atoms with E-state index >= 15 is 0 Å². The Bertz CT molecular complexity index is 597. The summed E-state index contributed by atoms with van der Waals surface area (Å²) in [7, 11) is 1.63. The van der Waals surface area contributed by atoms with Crippen molar-refractivity contribution in [3.8, 4) is 5.75 Å². The van der Waals surface area contributed by atoms with E-state index < -0.39 is 0 Å². The molecule has 1 amide bonds. The van der Waals surface area contributed by atoms with Crippen LogP contribution in [0.1, 0.15) is 15.2 Å². The van der Waals surface area contributed by atoms with Crippen LogP contribution in [-0.2, 0) is 6.54 Å². The zero-order valence-electron chi connectivity index (χ0n) is 11.4. The van der Waals surface area contributed by atoms with E-state index in [0.717, 1.165) is 11.3 Å². The van der Waals surface area contributed by atoms with E-state index in [2.05, 4.69) is 16.2 Å². The molecule has 0 aliphatic heterocycles. The molecule has 110 valence electrons. The number of nitrogens with one attached hydrogen (secondary N) is 3. The van der Waals surface area contributed by atoms with Gasteiger partial charge in [-0.05, 0) is 41.4 Å². The molecule has 5 nitrogen and oxygen atoms in total. The number of benzene rings is 1. The van der Waals surface area contributed by atoms with Crippen molar-refractivity contribution >= 4 is 34.6 Å². The topological polar surface area (TPSA) is 62.4 Å². The molecule has 0 aliphatic rings. The number of hydrazine groups is 1. The molecule has 0 radical (unpaired) electrons. The fraction of sp³-hybridized carbons (Fsp3) is 0.143. The predicted octanol–water partition coefficient (Wildman–Crippen LogP) is 2.07. The van der Waals surface area contributed by atoms with Gasteiger partial charge in [-0.1, -0.05) is 18.2 Å². The van der Waals surface area contributed by atoms with Crippen LogP contribution in [0.4, 0.5) is 0 Å².